The highest BCUT2D eigenvalue weighted by Gasteiger charge is 2.25. The molecule has 1 aliphatic rings. The molecular formula is C16H24ClNO3. The second kappa shape index (κ2) is 7.87. The highest BCUT2D eigenvalue weighted by molar-refractivity contribution is 6.30. The number of halogens is 1. The Labute approximate surface area is 131 Å². The summed E-state index contributed by atoms with van der Waals surface area (Å²) >= 11 is 6.12. The Morgan fingerprint density at radius 1 is 1.29 bits per heavy atom. The molecule has 2 atom stereocenters. The van der Waals surface area contributed by atoms with Crippen LogP contribution in [0.1, 0.15) is 37.7 Å². The molecule has 1 fully saturated rings. The molecule has 1 aromatic carbocycles. The summed E-state index contributed by atoms with van der Waals surface area (Å²) in [5.41, 5.74) is 0.943. The zero-order valence-electron chi connectivity index (χ0n) is 12.7. The number of nitrogens with one attached hydrogen (secondary N) is 1. The number of ether oxygens (including phenoxy) is 2. The van der Waals surface area contributed by atoms with Gasteiger partial charge in [0.05, 0.1) is 13.2 Å². The lowest BCUT2D eigenvalue weighted by molar-refractivity contribution is 0.0299. The highest BCUT2D eigenvalue weighted by atomic mass is 35.5. The fourth-order valence-corrected chi connectivity index (χ4v) is 3.00. The van der Waals surface area contributed by atoms with Gasteiger partial charge in [-0.1, -0.05) is 24.4 Å². The molecule has 5 heteroatoms. The Balaban J connectivity index is 2.27. The van der Waals surface area contributed by atoms with Crippen molar-refractivity contribution in [1.82, 2.24) is 5.32 Å². The van der Waals surface area contributed by atoms with Gasteiger partial charge in [0.15, 0.2) is 11.5 Å². The lowest BCUT2D eigenvalue weighted by Crippen LogP contribution is -2.31. The molecule has 2 unspecified atom stereocenters. The molecule has 0 aromatic heterocycles. The van der Waals surface area contributed by atoms with Gasteiger partial charge in [0.1, 0.15) is 6.10 Å². The van der Waals surface area contributed by atoms with E-state index in [4.69, 9.17) is 21.1 Å². The van der Waals surface area contributed by atoms with Crippen LogP contribution in [0.15, 0.2) is 12.1 Å². The van der Waals surface area contributed by atoms with Crippen LogP contribution in [0.3, 0.4) is 0 Å². The Bertz CT molecular complexity index is 467. The first kappa shape index (κ1) is 16.4. The van der Waals surface area contributed by atoms with Crippen molar-refractivity contribution in [2.24, 2.45) is 0 Å². The number of aliphatic hydroxyl groups is 1. The van der Waals surface area contributed by atoms with E-state index in [1.165, 1.54) is 0 Å². The molecule has 0 aliphatic heterocycles. The van der Waals surface area contributed by atoms with E-state index in [1.54, 1.807) is 13.2 Å². The van der Waals surface area contributed by atoms with Crippen LogP contribution in [-0.4, -0.2) is 31.5 Å². The van der Waals surface area contributed by atoms with Gasteiger partial charge in [-0.05, 0) is 32.4 Å². The van der Waals surface area contributed by atoms with Gasteiger partial charge in [0.25, 0.3) is 0 Å². The van der Waals surface area contributed by atoms with Crippen LogP contribution in [-0.2, 0) is 6.54 Å². The molecule has 2 N–H and O–H groups in total. The molecular weight excluding hydrogens is 290 g/mol. The second-order valence-corrected chi connectivity index (χ2v) is 5.92. The largest absolute Gasteiger partial charge is 0.493 e. The zero-order valence-corrected chi connectivity index (χ0v) is 13.4. The van der Waals surface area contributed by atoms with Crippen molar-refractivity contribution in [3.05, 3.63) is 22.7 Å². The molecule has 1 saturated carbocycles. The van der Waals surface area contributed by atoms with E-state index in [2.05, 4.69) is 5.32 Å². The maximum Gasteiger partial charge on any atom is 0.166 e. The SMILES string of the molecule is CNCc1cc(Cl)cc(OC)c1OC1CCCCCC1O. The van der Waals surface area contributed by atoms with E-state index in [1.807, 2.05) is 13.1 Å². The van der Waals surface area contributed by atoms with Crippen molar-refractivity contribution in [2.45, 2.75) is 50.9 Å². The quantitative estimate of drug-likeness (QED) is 0.820. The maximum absolute atomic E-state index is 10.2. The van der Waals surface area contributed by atoms with Gasteiger partial charge < -0.3 is 19.9 Å². The van der Waals surface area contributed by atoms with E-state index < -0.39 is 6.10 Å². The number of benzene rings is 1. The summed E-state index contributed by atoms with van der Waals surface area (Å²) in [5.74, 6) is 1.30. The Morgan fingerprint density at radius 2 is 2.05 bits per heavy atom. The van der Waals surface area contributed by atoms with Crippen molar-refractivity contribution < 1.29 is 14.6 Å². The molecule has 1 aliphatic carbocycles. The summed E-state index contributed by atoms with van der Waals surface area (Å²) in [6, 6.07) is 3.62. The van der Waals surface area contributed by atoms with Gasteiger partial charge in [0, 0.05) is 23.2 Å². The third-order valence-electron chi connectivity index (χ3n) is 3.87. The third-order valence-corrected chi connectivity index (χ3v) is 4.09. The number of hydrogen-bond donors (Lipinski definition) is 2. The first-order chi connectivity index (χ1) is 10.2. The smallest absolute Gasteiger partial charge is 0.166 e. The van der Waals surface area contributed by atoms with E-state index >= 15 is 0 Å². The van der Waals surface area contributed by atoms with Crippen LogP contribution in [0.4, 0.5) is 0 Å². The first-order valence-corrected chi connectivity index (χ1v) is 7.89. The molecule has 0 bridgehead atoms. The minimum Gasteiger partial charge on any atom is -0.493 e. The maximum atomic E-state index is 10.2. The monoisotopic (exact) mass is 313 g/mol. The van der Waals surface area contributed by atoms with Crippen LogP contribution in [0, 0.1) is 0 Å². The fourth-order valence-electron chi connectivity index (χ4n) is 2.77. The van der Waals surface area contributed by atoms with Crippen LogP contribution in [0.2, 0.25) is 5.02 Å². The summed E-state index contributed by atoms with van der Waals surface area (Å²) in [7, 11) is 3.48. The number of rotatable bonds is 5. The lowest BCUT2D eigenvalue weighted by Gasteiger charge is -2.25. The molecule has 0 spiro atoms. The molecule has 0 heterocycles. The summed E-state index contributed by atoms with van der Waals surface area (Å²) in [6.07, 6.45) is 4.35. The molecule has 21 heavy (non-hydrogen) atoms. The van der Waals surface area contributed by atoms with Gasteiger partial charge in [-0.3, -0.25) is 0 Å². The van der Waals surface area contributed by atoms with Crippen molar-refractivity contribution in [3.63, 3.8) is 0 Å². The van der Waals surface area contributed by atoms with E-state index in [9.17, 15) is 5.11 Å². The normalized spacial score (nSPS) is 22.7. The molecule has 4 nitrogen and oxygen atoms in total. The predicted octanol–water partition coefficient (Wildman–Crippen LogP) is 3.14. The molecule has 1 aromatic rings. The third kappa shape index (κ3) is 4.25. The topological polar surface area (TPSA) is 50.7 Å². The average Bonchev–Trinajstić information content (AvgIpc) is 2.66. The van der Waals surface area contributed by atoms with Gasteiger partial charge in [-0.2, -0.15) is 0 Å². The Morgan fingerprint density at radius 3 is 2.76 bits per heavy atom. The number of aliphatic hydroxyl groups excluding tert-OH is 1. The van der Waals surface area contributed by atoms with Crippen LogP contribution >= 0.6 is 11.6 Å². The summed E-state index contributed by atoms with van der Waals surface area (Å²) in [6.45, 7) is 0.634. The van der Waals surface area contributed by atoms with Crippen molar-refractivity contribution in [1.29, 1.82) is 0 Å². The zero-order chi connectivity index (χ0) is 15.2. The molecule has 0 radical (unpaired) electrons. The Hall–Kier alpha value is -0.970. The first-order valence-electron chi connectivity index (χ1n) is 7.51. The summed E-state index contributed by atoms with van der Waals surface area (Å²) < 4.78 is 11.5. The molecule has 2 rings (SSSR count). The van der Waals surface area contributed by atoms with Crippen LogP contribution in [0.5, 0.6) is 11.5 Å². The van der Waals surface area contributed by atoms with Crippen LogP contribution in [0.25, 0.3) is 0 Å². The standard InChI is InChI=1S/C16H24ClNO3/c1-18-10-11-8-12(17)9-15(20-2)16(11)21-14-7-5-3-4-6-13(14)19/h8-9,13-14,18-19H,3-7,10H2,1-2H3. The highest BCUT2D eigenvalue weighted by Crippen LogP contribution is 2.37. The summed E-state index contributed by atoms with van der Waals surface area (Å²) in [4.78, 5) is 0. The minimum atomic E-state index is -0.421. The van der Waals surface area contributed by atoms with E-state index in [-0.39, 0.29) is 6.10 Å². The van der Waals surface area contributed by atoms with Crippen LogP contribution < -0.4 is 14.8 Å². The lowest BCUT2D eigenvalue weighted by atomic mass is 10.1. The van der Waals surface area contributed by atoms with E-state index in [0.29, 0.717) is 23.1 Å². The van der Waals surface area contributed by atoms with E-state index in [0.717, 1.165) is 37.7 Å². The second-order valence-electron chi connectivity index (χ2n) is 5.49. The Kier molecular flexibility index (Phi) is 6.15. The molecule has 0 amide bonds. The van der Waals surface area contributed by atoms with Gasteiger partial charge in [0.2, 0.25) is 0 Å². The number of hydrogen-bond acceptors (Lipinski definition) is 4. The fraction of sp³-hybridized carbons (Fsp3) is 0.625. The van der Waals surface area contributed by atoms with Crippen molar-refractivity contribution in [2.75, 3.05) is 14.2 Å². The van der Waals surface area contributed by atoms with Gasteiger partial charge in [-0.25, -0.2) is 0 Å². The predicted molar refractivity (Wildman–Crippen MR) is 84.3 cm³/mol. The van der Waals surface area contributed by atoms with Gasteiger partial charge in [-0.15, -0.1) is 0 Å². The molecule has 118 valence electrons. The van der Waals surface area contributed by atoms with Gasteiger partial charge >= 0.3 is 0 Å². The van der Waals surface area contributed by atoms with Crippen molar-refractivity contribution in [3.8, 4) is 11.5 Å². The van der Waals surface area contributed by atoms with Crippen molar-refractivity contribution >= 4 is 11.6 Å². The molecule has 0 saturated heterocycles. The summed E-state index contributed by atoms with van der Waals surface area (Å²) in [5, 5.41) is 14.0. The minimum absolute atomic E-state index is 0.182. The average molecular weight is 314 g/mol. The number of methoxy groups -OCH3 is 1.